The lowest BCUT2D eigenvalue weighted by Gasteiger charge is -2.34. The summed E-state index contributed by atoms with van der Waals surface area (Å²) in [7, 11) is 0. The molecule has 1 fully saturated rings. The fourth-order valence-electron chi connectivity index (χ4n) is 2.21. The molecule has 6 heteroatoms. The van der Waals surface area contributed by atoms with E-state index in [1.165, 1.54) is 6.07 Å². The maximum absolute atomic E-state index is 13.1. The number of hydrogen-bond acceptors (Lipinski definition) is 2. The first kappa shape index (κ1) is 14.7. The van der Waals surface area contributed by atoms with Gasteiger partial charge in [0, 0.05) is 24.1 Å². The lowest BCUT2D eigenvalue weighted by molar-refractivity contribution is -0.137. The summed E-state index contributed by atoms with van der Waals surface area (Å²) in [6.07, 6.45) is -4.39. The lowest BCUT2D eigenvalue weighted by Crippen LogP contribution is -2.42. The third kappa shape index (κ3) is 3.42. The molecule has 0 aliphatic carbocycles. The summed E-state index contributed by atoms with van der Waals surface area (Å²) in [4.78, 5) is 1.75. The number of hydrogen-bond donors (Lipinski definition) is 0. The topological polar surface area (TPSA) is 12.5 Å². The smallest absolute Gasteiger partial charge is 0.375 e. The molecule has 1 aliphatic rings. The van der Waals surface area contributed by atoms with Crippen LogP contribution in [0.25, 0.3) is 0 Å². The Balaban J connectivity index is 2.38. The number of rotatable bonds is 2. The van der Waals surface area contributed by atoms with Crippen molar-refractivity contribution in [2.75, 3.05) is 24.6 Å². The van der Waals surface area contributed by atoms with Crippen LogP contribution in [0.3, 0.4) is 0 Å². The van der Waals surface area contributed by atoms with E-state index in [0.717, 1.165) is 0 Å². The molecule has 1 aliphatic heterocycles. The molecule has 2 nitrogen and oxygen atoms in total. The zero-order valence-electron chi connectivity index (χ0n) is 10.5. The van der Waals surface area contributed by atoms with E-state index >= 15 is 0 Å². The average Bonchev–Trinajstić information content (AvgIpc) is 2.37. The Bertz CT molecular complexity index is 450. The van der Waals surface area contributed by atoms with Crippen LogP contribution < -0.4 is 4.90 Å². The van der Waals surface area contributed by atoms with E-state index in [4.69, 9.17) is 4.74 Å². The first-order chi connectivity index (χ1) is 8.91. The lowest BCUT2D eigenvalue weighted by atomic mass is 10.1. The van der Waals surface area contributed by atoms with Gasteiger partial charge in [-0.3, -0.25) is 0 Å². The minimum Gasteiger partial charge on any atom is -0.375 e. The van der Waals surface area contributed by atoms with E-state index in [2.05, 4.69) is 15.9 Å². The Morgan fingerprint density at radius 3 is 2.74 bits per heavy atom. The van der Waals surface area contributed by atoms with Gasteiger partial charge in [0.25, 0.3) is 0 Å². The summed E-state index contributed by atoms with van der Waals surface area (Å²) in [6.45, 7) is 3.29. The van der Waals surface area contributed by atoms with Crippen LogP contribution in [-0.2, 0) is 16.2 Å². The molecular formula is C13H15BrF3NO. The molecule has 1 heterocycles. The average molecular weight is 338 g/mol. The van der Waals surface area contributed by atoms with Gasteiger partial charge in [-0.1, -0.05) is 22.0 Å². The third-order valence-corrected chi connectivity index (χ3v) is 3.75. The quantitative estimate of drug-likeness (QED) is 0.760. The summed E-state index contributed by atoms with van der Waals surface area (Å²) < 4.78 is 44.8. The molecule has 19 heavy (non-hydrogen) atoms. The molecule has 0 spiro atoms. The summed E-state index contributed by atoms with van der Waals surface area (Å²) in [5.41, 5.74) is 0.295. The van der Waals surface area contributed by atoms with Gasteiger partial charge >= 0.3 is 6.18 Å². The summed E-state index contributed by atoms with van der Waals surface area (Å²) in [5.74, 6) is 0. The fourth-order valence-corrected chi connectivity index (χ4v) is 2.56. The molecule has 1 saturated heterocycles. The molecule has 1 aromatic carbocycles. The Kier molecular flexibility index (Phi) is 4.40. The maximum Gasteiger partial charge on any atom is 0.418 e. The number of ether oxygens (including phenoxy) is 1. The normalized spacial score (nSPS) is 20.7. The van der Waals surface area contributed by atoms with Gasteiger partial charge in [0.1, 0.15) is 0 Å². The van der Waals surface area contributed by atoms with E-state index in [1.807, 2.05) is 6.92 Å². The molecule has 0 aromatic heterocycles. The molecule has 1 atom stereocenters. The summed E-state index contributed by atoms with van der Waals surface area (Å²) in [5, 5.41) is 0.413. The summed E-state index contributed by atoms with van der Waals surface area (Å²) in [6, 6.07) is 4.49. The van der Waals surface area contributed by atoms with Crippen molar-refractivity contribution in [2.45, 2.75) is 24.5 Å². The van der Waals surface area contributed by atoms with E-state index < -0.39 is 11.7 Å². The van der Waals surface area contributed by atoms with Crippen LogP contribution >= 0.6 is 15.9 Å². The predicted molar refractivity (Wildman–Crippen MR) is 71.7 cm³/mol. The molecule has 106 valence electrons. The number of morpholine rings is 1. The second-order valence-corrected chi connectivity index (χ2v) is 5.17. The van der Waals surface area contributed by atoms with Crippen molar-refractivity contribution in [3.63, 3.8) is 0 Å². The molecule has 0 bridgehead atoms. The minimum absolute atomic E-state index is 0.0503. The maximum atomic E-state index is 13.1. The van der Waals surface area contributed by atoms with Crippen molar-refractivity contribution >= 4 is 21.6 Å². The van der Waals surface area contributed by atoms with Crippen LogP contribution in [0.4, 0.5) is 18.9 Å². The van der Waals surface area contributed by atoms with Gasteiger partial charge in [0.15, 0.2) is 0 Å². The van der Waals surface area contributed by atoms with E-state index in [1.54, 1.807) is 17.0 Å². The van der Waals surface area contributed by atoms with Crippen molar-refractivity contribution < 1.29 is 17.9 Å². The Hall–Kier alpha value is -0.750. The number of alkyl halides is 4. The second kappa shape index (κ2) is 5.71. The first-order valence-corrected chi connectivity index (χ1v) is 7.16. The van der Waals surface area contributed by atoms with E-state index in [0.29, 0.717) is 30.6 Å². The molecule has 0 N–H and O–H groups in total. The highest BCUT2D eigenvalue weighted by atomic mass is 79.9. The monoisotopic (exact) mass is 337 g/mol. The number of benzene rings is 1. The van der Waals surface area contributed by atoms with Crippen LogP contribution in [0.2, 0.25) is 0 Å². The molecule has 0 saturated carbocycles. The van der Waals surface area contributed by atoms with Gasteiger partial charge in [-0.05, 0) is 24.6 Å². The van der Waals surface area contributed by atoms with Crippen molar-refractivity contribution in [3.8, 4) is 0 Å². The van der Waals surface area contributed by atoms with Gasteiger partial charge in [0.2, 0.25) is 0 Å². The Labute approximate surface area is 118 Å². The van der Waals surface area contributed by atoms with Crippen LogP contribution in [0, 0.1) is 0 Å². The van der Waals surface area contributed by atoms with Crippen LogP contribution in [0.1, 0.15) is 18.1 Å². The Morgan fingerprint density at radius 1 is 1.42 bits per heavy atom. The molecule has 1 aromatic rings. The largest absolute Gasteiger partial charge is 0.418 e. The first-order valence-electron chi connectivity index (χ1n) is 6.04. The second-order valence-electron chi connectivity index (χ2n) is 4.61. The van der Waals surface area contributed by atoms with Gasteiger partial charge in [-0.15, -0.1) is 0 Å². The minimum atomic E-state index is -4.34. The number of anilines is 1. The number of nitrogens with zero attached hydrogens (tertiary/aromatic N) is 1. The van der Waals surface area contributed by atoms with E-state index in [-0.39, 0.29) is 11.8 Å². The van der Waals surface area contributed by atoms with Crippen LogP contribution in [-0.4, -0.2) is 25.8 Å². The highest BCUT2D eigenvalue weighted by molar-refractivity contribution is 9.08. The van der Waals surface area contributed by atoms with Crippen molar-refractivity contribution in [3.05, 3.63) is 29.3 Å². The van der Waals surface area contributed by atoms with Crippen LogP contribution in [0.5, 0.6) is 0 Å². The fraction of sp³-hybridized carbons (Fsp3) is 0.538. The third-order valence-electron chi connectivity index (χ3n) is 3.10. The van der Waals surface area contributed by atoms with Crippen molar-refractivity contribution in [1.29, 1.82) is 0 Å². The zero-order valence-corrected chi connectivity index (χ0v) is 12.1. The van der Waals surface area contributed by atoms with Crippen LogP contribution in [0.15, 0.2) is 18.2 Å². The van der Waals surface area contributed by atoms with Gasteiger partial charge in [-0.2, -0.15) is 13.2 Å². The number of halogens is 4. The molecule has 1 unspecified atom stereocenters. The van der Waals surface area contributed by atoms with Gasteiger partial charge in [-0.25, -0.2) is 0 Å². The molecule has 2 rings (SSSR count). The molecule has 0 amide bonds. The zero-order chi connectivity index (χ0) is 14.0. The highest BCUT2D eigenvalue weighted by Gasteiger charge is 2.35. The standard InChI is InChI=1S/C13H15BrF3NO/c1-9-8-18(4-5-19-9)12-3-2-10(7-14)6-11(12)13(15,16)17/h2-3,6,9H,4-5,7-8H2,1H3. The predicted octanol–water partition coefficient (Wildman–Crippen LogP) is 3.83. The van der Waals surface area contributed by atoms with Gasteiger partial charge < -0.3 is 9.64 Å². The SMILES string of the molecule is CC1CN(c2ccc(CBr)cc2C(F)(F)F)CCO1. The highest BCUT2D eigenvalue weighted by Crippen LogP contribution is 2.38. The van der Waals surface area contributed by atoms with Gasteiger partial charge in [0.05, 0.1) is 18.3 Å². The Morgan fingerprint density at radius 2 is 2.16 bits per heavy atom. The van der Waals surface area contributed by atoms with Crippen molar-refractivity contribution in [2.24, 2.45) is 0 Å². The molecule has 0 radical (unpaired) electrons. The summed E-state index contributed by atoms with van der Waals surface area (Å²) >= 11 is 3.19. The van der Waals surface area contributed by atoms with Crippen molar-refractivity contribution in [1.82, 2.24) is 0 Å². The molecular weight excluding hydrogens is 323 g/mol. The van der Waals surface area contributed by atoms with E-state index in [9.17, 15) is 13.2 Å².